The highest BCUT2D eigenvalue weighted by molar-refractivity contribution is 9.09. The number of nitro groups is 1. The van der Waals surface area contributed by atoms with E-state index in [0.717, 1.165) is 23.7 Å². The molecule has 0 amide bonds. The van der Waals surface area contributed by atoms with Crippen LogP contribution in [0.15, 0.2) is 35.4 Å². The van der Waals surface area contributed by atoms with Crippen LogP contribution in [0.4, 0.5) is 11.4 Å². The first-order chi connectivity index (χ1) is 14.8. The summed E-state index contributed by atoms with van der Waals surface area (Å²) in [5.74, 6) is 2.46. The molecule has 1 aromatic carbocycles. The van der Waals surface area contributed by atoms with Gasteiger partial charge in [-0.1, -0.05) is 34.8 Å². The zero-order valence-corrected chi connectivity index (χ0v) is 19.5. The standard InChI is InChI=1S/C21H23BrN4O4S/c1-3-10-24(12-8-22)21-16(4-2)13-18(26(27)28)14-20(21)31(29,30)25-11-7-19-17(15-25)6-5-9-23-19/h2,5-6,9,13-14H,3,7-8,10-12,15H2,1H3. The first kappa shape index (κ1) is 23.2. The Kier molecular flexibility index (Phi) is 7.30. The maximum absolute atomic E-state index is 13.7. The molecule has 1 aromatic heterocycles. The summed E-state index contributed by atoms with van der Waals surface area (Å²) in [4.78, 5) is 17.0. The van der Waals surface area contributed by atoms with Crippen molar-refractivity contribution in [2.45, 2.75) is 31.2 Å². The van der Waals surface area contributed by atoms with Gasteiger partial charge in [-0.25, -0.2) is 8.42 Å². The quantitative estimate of drug-likeness (QED) is 0.235. The Morgan fingerprint density at radius 1 is 1.39 bits per heavy atom. The van der Waals surface area contributed by atoms with Crippen molar-refractivity contribution in [1.29, 1.82) is 0 Å². The number of pyridine rings is 1. The van der Waals surface area contributed by atoms with Crippen LogP contribution in [0.1, 0.15) is 30.2 Å². The number of fused-ring (bicyclic) bond motifs is 1. The fraction of sp³-hybridized carbons (Fsp3) is 0.381. The largest absolute Gasteiger partial charge is 0.369 e. The number of non-ortho nitro benzene ring substituents is 1. The Labute approximate surface area is 190 Å². The van der Waals surface area contributed by atoms with E-state index in [1.807, 2.05) is 17.9 Å². The first-order valence-corrected chi connectivity index (χ1v) is 12.4. The predicted octanol–water partition coefficient (Wildman–Crippen LogP) is 3.33. The summed E-state index contributed by atoms with van der Waals surface area (Å²) in [6, 6.07) is 6.00. The normalized spacial score (nSPS) is 14.0. The molecule has 0 aliphatic carbocycles. The molecule has 2 heterocycles. The van der Waals surface area contributed by atoms with Gasteiger partial charge in [-0.15, -0.1) is 6.42 Å². The van der Waals surface area contributed by atoms with Crippen LogP contribution in [0.3, 0.4) is 0 Å². The zero-order chi connectivity index (χ0) is 22.6. The molecule has 0 unspecified atom stereocenters. The molecule has 164 valence electrons. The third-order valence-corrected chi connectivity index (χ3v) is 7.35. The summed E-state index contributed by atoms with van der Waals surface area (Å²) in [6.07, 6.45) is 8.59. The molecule has 0 spiro atoms. The number of hydrogen-bond donors (Lipinski definition) is 0. The van der Waals surface area contributed by atoms with Crippen molar-refractivity contribution in [2.75, 3.05) is 29.9 Å². The number of rotatable bonds is 8. The van der Waals surface area contributed by atoms with Crippen LogP contribution in [0, 0.1) is 22.5 Å². The highest BCUT2D eigenvalue weighted by atomic mass is 79.9. The molecule has 3 rings (SSSR count). The number of nitrogens with zero attached hydrogens (tertiary/aromatic N) is 4. The van der Waals surface area contributed by atoms with Gasteiger partial charge in [0.2, 0.25) is 10.0 Å². The number of terminal acetylenes is 1. The van der Waals surface area contributed by atoms with E-state index in [2.05, 4.69) is 26.8 Å². The number of halogens is 1. The topological polar surface area (TPSA) is 96.6 Å². The van der Waals surface area contributed by atoms with Crippen molar-refractivity contribution in [2.24, 2.45) is 0 Å². The van der Waals surface area contributed by atoms with Crippen molar-refractivity contribution >= 4 is 37.3 Å². The highest BCUT2D eigenvalue weighted by Gasteiger charge is 2.34. The molecule has 31 heavy (non-hydrogen) atoms. The van der Waals surface area contributed by atoms with Crippen LogP contribution < -0.4 is 4.90 Å². The Morgan fingerprint density at radius 2 is 2.16 bits per heavy atom. The second-order valence-corrected chi connectivity index (χ2v) is 9.81. The molecule has 0 atom stereocenters. The van der Waals surface area contributed by atoms with Gasteiger partial charge in [0.05, 0.1) is 16.2 Å². The number of alkyl halides is 1. The van der Waals surface area contributed by atoms with Crippen LogP contribution in [0.2, 0.25) is 0 Å². The Balaban J connectivity index is 2.18. The summed E-state index contributed by atoms with van der Waals surface area (Å²) >= 11 is 3.40. The van der Waals surface area contributed by atoms with Gasteiger partial charge in [0.15, 0.2) is 0 Å². The fourth-order valence-corrected chi connectivity index (χ4v) is 5.82. The summed E-state index contributed by atoms with van der Waals surface area (Å²) in [5, 5.41) is 12.1. The summed E-state index contributed by atoms with van der Waals surface area (Å²) < 4.78 is 28.8. The molecule has 10 heteroatoms. The number of anilines is 1. The molecule has 1 aliphatic heterocycles. The van der Waals surface area contributed by atoms with Crippen molar-refractivity contribution in [1.82, 2.24) is 9.29 Å². The fourth-order valence-electron chi connectivity index (χ4n) is 3.72. The molecule has 0 bridgehead atoms. The summed E-state index contributed by atoms with van der Waals surface area (Å²) in [5.41, 5.74) is 1.88. The maximum atomic E-state index is 13.7. The second kappa shape index (κ2) is 9.77. The smallest absolute Gasteiger partial charge is 0.272 e. The van der Waals surface area contributed by atoms with Gasteiger partial charge in [0, 0.05) is 62.0 Å². The summed E-state index contributed by atoms with van der Waals surface area (Å²) in [6.45, 7) is 3.45. The minimum absolute atomic E-state index is 0.128. The van der Waals surface area contributed by atoms with Crippen LogP contribution >= 0.6 is 15.9 Å². The molecular weight excluding hydrogens is 484 g/mol. The van der Waals surface area contributed by atoms with Crippen LogP contribution in [-0.2, 0) is 23.0 Å². The molecule has 0 radical (unpaired) electrons. The molecule has 8 nitrogen and oxygen atoms in total. The molecule has 2 aromatic rings. The van der Waals surface area contributed by atoms with E-state index >= 15 is 0 Å². The van der Waals surface area contributed by atoms with Crippen LogP contribution in [-0.4, -0.2) is 47.6 Å². The van der Waals surface area contributed by atoms with Crippen LogP contribution in [0.5, 0.6) is 0 Å². The lowest BCUT2D eigenvalue weighted by Gasteiger charge is -2.31. The Bertz CT molecular complexity index is 1120. The van der Waals surface area contributed by atoms with Gasteiger partial charge in [-0.05, 0) is 18.1 Å². The molecular formula is C21H23BrN4O4S. The van der Waals surface area contributed by atoms with Crippen LogP contribution in [0.25, 0.3) is 0 Å². The Morgan fingerprint density at radius 3 is 2.81 bits per heavy atom. The second-order valence-electron chi connectivity index (χ2n) is 7.12. The number of nitro benzene ring substituents is 1. The van der Waals surface area contributed by atoms with Crippen molar-refractivity contribution < 1.29 is 13.3 Å². The van der Waals surface area contributed by atoms with E-state index in [9.17, 15) is 18.5 Å². The molecule has 0 N–H and O–H groups in total. The zero-order valence-electron chi connectivity index (χ0n) is 17.1. The van der Waals surface area contributed by atoms with Gasteiger partial charge in [0.25, 0.3) is 5.69 Å². The lowest BCUT2D eigenvalue weighted by atomic mass is 10.1. The molecule has 1 aliphatic rings. The van der Waals surface area contributed by atoms with Crippen molar-refractivity contribution in [3.05, 3.63) is 57.4 Å². The van der Waals surface area contributed by atoms with Gasteiger partial charge in [-0.2, -0.15) is 4.31 Å². The monoisotopic (exact) mass is 506 g/mol. The Hall–Kier alpha value is -2.48. The highest BCUT2D eigenvalue weighted by Crippen LogP contribution is 2.36. The van der Waals surface area contributed by atoms with Gasteiger partial charge >= 0.3 is 0 Å². The first-order valence-electron chi connectivity index (χ1n) is 9.86. The van der Waals surface area contributed by atoms with E-state index < -0.39 is 14.9 Å². The van der Waals surface area contributed by atoms with Gasteiger partial charge in [0.1, 0.15) is 4.90 Å². The van der Waals surface area contributed by atoms with E-state index in [1.54, 1.807) is 12.3 Å². The lowest BCUT2D eigenvalue weighted by molar-refractivity contribution is -0.385. The van der Waals surface area contributed by atoms with E-state index in [-0.39, 0.29) is 29.2 Å². The van der Waals surface area contributed by atoms with Crippen molar-refractivity contribution in [3.63, 3.8) is 0 Å². The number of hydrogen-bond acceptors (Lipinski definition) is 6. The third kappa shape index (κ3) is 4.74. The average Bonchev–Trinajstić information content (AvgIpc) is 2.77. The summed E-state index contributed by atoms with van der Waals surface area (Å²) in [7, 11) is -4.06. The maximum Gasteiger partial charge on any atom is 0.272 e. The number of sulfonamides is 1. The van der Waals surface area contributed by atoms with Gasteiger partial charge < -0.3 is 4.90 Å². The average molecular weight is 507 g/mol. The van der Waals surface area contributed by atoms with Crippen molar-refractivity contribution in [3.8, 4) is 12.3 Å². The van der Waals surface area contributed by atoms with E-state index in [4.69, 9.17) is 6.42 Å². The number of benzene rings is 1. The minimum Gasteiger partial charge on any atom is -0.369 e. The lowest BCUT2D eigenvalue weighted by Crippen LogP contribution is -2.38. The SMILES string of the molecule is C#Cc1cc([N+](=O)[O-])cc(S(=O)(=O)N2CCc3ncccc3C2)c1N(CCC)CCBr. The number of aromatic nitrogens is 1. The molecule has 0 fully saturated rings. The van der Waals surface area contributed by atoms with E-state index in [0.29, 0.717) is 30.5 Å². The predicted molar refractivity (Wildman–Crippen MR) is 123 cm³/mol. The van der Waals surface area contributed by atoms with Gasteiger partial charge in [-0.3, -0.25) is 15.1 Å². The third-order valence-electron chi connectivity index (χ3n) is 5.14. The van der Waals surface area contributed by atoms with E-state index in [1.165, 1.54) is 10.4 Å². The molecule has 0 saturated heterocycles. The molecule has 0 saturated carbocycles. The minimum atomic E-state index is -4.06.